The van der Waals surface area contributed by atoms with E-state index < -0.39 is 0 Å². The van der Waals surface area contributed by atoms with Gasteiger partial charge in [-0.05, 0) is 12.1 Å². The normalized spacial score (nSPS) is 15.7. The Kier molecular flexibility index (Phi) is 3.61. The Morgan fingerprint density at radius 3 is 2.95 bits per heavy atom. The molecule has 0 atom stereocenters. The van der Waals surface area contributed by atoms with Crippen LogP contribution in [0.15, 0.2) is 24.3 Å². The fraction of sp³-hybridized carbons (Fsp3) is 0.385. The number of nitrogens with one attached hydrogen (secondary N) is 1. The molecule has 1 aromatic heterocycles. The largest absolute Gasteiger partial charge is 0.378 e. The van der Waals surface area contributed by atoms with E-state index in [1.165, 1.54) is 0 Å². The fourth-order valence-corrected chi connectivity index (χ4v) is 2.93. The van der Waals surface area contributed by atoms with E-state index in [4.69, 9.17) is 4.74 Å². The number of hydrogen-bond donors (Lipinski definition) is 1. The number of amides is 2. The maximum atomic E-state index is 11.9. The Labute approximate surface area is 115 Å². The van der Waals surface area contributed by atoms with Crippen LogP contribution in [0.25, 0.3) is 10.2 Å². The monoisotopic (exact) mass is 277 g/mol. The highest BCUT2D eigenvalue weighted by Crippen LogP contribution is 2.21. The lowest BCUT2D eigenvalue weighted by atomic mass is 10.3. The van der Waals surface area contributed by atoms with Crippen LogP contribution in [0.2, 0.25) is 0 Å². The zero-order chi connectivity index (χ0) is 13.1. The summed E-state index contributed by atoms with van der Waals surface area (Å²) in [4.78, 5) is 18.2. The van der Waals surface area contributed by atoms with Crippen molar-refractivity contribution in [2.45, 2.75) is 6.54 Å². The Bertz CT molecular complexity index is 545. The molecule has 0 saturated carbocycles. The van der Waals surface area contributed by atoms with Crippen LogP contribution in [0.4, 0.5) is 4.79 Å². The highest BCUT2D eigenvalue weighted by Gasteiger charge is 2.16. The molecular formula is C13H15N3O2S. The molecule has 0 radical (unpaired) electrons. The Hall–Kier alpha value is -1.66. The fourth-order valence-electron chi connectivity index (χ4n) is 2.03. The van der Waals surface area contributed by atoms with Crippen molar-refractivity contribution in [1.82, 2.24) is 15.2 Å². The van der Waals surface area contributed by atoms with Gasteiger partial charge in [0, 0.05) is 13.1 Å². The average Bonchev–Trinajstić information content (AvgIpc) is 2.88. The van der Waals surface area contributed by atoms with Crippen molar-refractivity contribution in [3.63, 3.8) is 0 Å². The van der Waals surface area contributed by atoms with Crippen molar-refractivity contribution >= 4 is 27.6 Å². The number of rotatable bonds is 2. The lowest BCUT2D eigenvalue weighted by Crippen LogP contribution is -2.45. The Balaban J connectivity index is 1.60. The van der Waals surface area contributed by atoms with Crippen molar-refractivity contribution in [3.05, 3.63) is 29.3 Å². The SMILES string of the molecule is O=C(NCc1nc2ccccc2s1)N1CCOCC1. The van der Waals surface area contributed by atoms with Gasteiger partial charge in [0.15, 0.2) is 0 Å². The lowest BCUT2D eigenvalue weighted by molar-refractivity contribution is 0.0531. The van der Waals surface area contributed by atoms with E-state index >= 15 is 0 Å². The van der Waals surface area contributed by atoms with Crippen LogP contribution in [0.1, 0.15) is 5.01 Å². The second-order valence-electron chi connectivity index (χ2n) is 4.33. The second-order valence-corrected chi connectivity index (χ2v) is 5.45. The van der Waals surface area contributed by atoms with Crippen LogP contribution in [0, 0.1) is 0 Å². The van der Waals surface area contributed by atoms with Crippen molar-refractivity contribution in [1.29, 1.82) is 0 Å². The van der Waals surface area contributed by atoms with Gasteiger partial charge in [-0.25, -0.2) is 9.78 Å². The summed E-state index contributed by atoms with van der Waals surface area (Å²) < 4.78 is 6.37. The van der Waals surface area contributed by atoms with Gasteiger partial charge in [-0.15, -0.1) is 11.3 Å². The third-order valence-electron chi connectivity index (χ3n) is 3.03. The van der Waals surface area contributed by atoms with E-state index in [0.29, 0.717) is 32.8 Å². The molecule has 6 heteroatoms. The zero-order valence-corrected chi connectivity index (χ0v) is 11.3. The lowest BCUT2D eigenvalue weighted by Gasteiger charge is -2.26. The summed E-state index contributed by atoms with van der Waals surface area (Å²) in [5, 5.41) is 3.84. The van der Waals surface area contributed by atoms with E-state index in [2.05, 4.69) is 10.3 Å². The molecule has 19 heavy (non-hydrogen) atoms. The van der Waals surface area contributed by atoms with Crippen LogP contribution in [0.3, 0.4) is 0 Å². The number of para-hydroxylation sites is 1. The molecule has 0 aliphatic carbocycles. The maximum absolute atomic E-state index is 11.9. The number of thiazole rings is 1. The minimum absolute atomic E-state index is 0.0393. The molecule has 1 aliphatic heterocycles. The Morgan fingerprint density at radius 2 is 2.16 bits per heavy atom. The van der Waals surface area contributed by atoms with E-state index in [0.717, 1.165) is 15.2 Å². The summed E-state index contributed by atoms with van der Waals surface area (Å²) in [5.74, 6) is 0. The predicted octanol–water partition coefficient (Wildman–Crippen LogP) is 1.84. The second kappa shape index (κ2) is 5.54. The average molecular weight is 277 g/mol. The number of benzene rings is 1. The topological polar surface area (TPSA) is 54.5 Å². The van der Waals surface area contributed by atoms with Crippen molar-refractivity contribution in [3.8, 4) is 0 Å². The van der Waals surface area contributed by atoms with Crippen LogP contribution < -0.4 is 5.32 Å². The molecule has 2 aromatic rings. The molecule has 2 heterocycles. The third kappa shape index (κ3) is 2.85. The van der Waals surface area contributed by atoms with Gasteiger partial charge in [0.2, 0.25) is 0 Å². The number of nitrogens with zero attached hydrogens (tertiary/aromatic N) is 2. The summed E-state index contributed by atoms with van der Waals surface area (Å²) in [6, 6.07) is 7.95. The van der Waals surface area contributed by atoms with E-state index in [-0.39, 0.29) is 6.03 Å². The molecule has 2 amide bonds. The first kappa shape index (κ1) is 12.4. The smallest absolute Gasteiger partial charge is 0.317 e. The first-order valence-electron chi connectivity index (χ1n) is 6.28. The van der Waals surface area contributed by atoms with Gasteiger partial charge in [-0.2, -0.15) is 0 Å². The molecule has 0 bridgehead atoms. The number of fused-ring (bicyclic) bond motifs is 1. The molecule has 1 saturated heterocycles. The maximum Gasteiger partial charge on any atom is 0.317 e. The molecule has 1 aromatic carbocycles. The van der Waals surface area contributed by atoms with E-state index in [9.17, 15) is 4.79 Å². The van der Waals surface area contributed by atoms with Crippen molar-refractivity contribution in [2.75, 3.05) is 26.3 Å². The molecule has 100 valence electrons. The Morgan fingerprint density at radius 1 is 1.37 bits per heavy atom. The standard InChI is InChI=1S/C13H15N3O2S/c17-13(16-5-7-18-8-6-16)14-9-12-15-10-3-1-2-4-11(10)19-12/h1-4H,5-9H2,(H,14,17). The van der Waals surface area contributed by atoms with Gasteiger partial charge in [0.1, 0.15) is 5.01 Å². The number of urea groups is 1. The van der Waals surface area contributed by atoms with E-state index in [1.807, 2.05) is 24.3 Å². The number of aromatic nitrogens is 1. The van der Waals surface area contributed by atoms with Gasteiger partial charge >= 0.3 is 6.03 Å². The minimum Gasteiger partial charge on any atom is -0.378 e. The van der Waals surface area contributed by atoms with Crippen molar-refractivity contribution in [2.24, 2.45) is 0 Å². The number of morpholine rings is 1. The minimum atomic E-state index is -0.0393. The molecule has 1 fully saturated rings. The van der Waals surface area contributed by atoms with Crippen LogP contribution >= 0.6 is 11.3 Å². The summed E-state index contributed by atoms with van der Waals surface area (Å²) in [5.41, 5.74) is 0.989. The predicted molar refractivity (Wildman–Crippen MR) is 74.2 cm³/mol. The van der Waals surface area contributed by atoms with Crippen LogP contribution in [-0.2, 0) is 11.3 Å². The molecule has 0 spiro atoms. The molecule has 1 aliphatic rings. The van der Waals surface area contributed by atoms with Gasteiger partial charge < -0.3 is 15.0 Å². The number of ether oxygens (including phenoxy) is 1. The summed E-state index contributed by atoms with van der Waals surface area (Å²) in [6.07, 6.45) is 0. The van der Waals surface area contributed by atoms with Gasteiger partial charge in [-0.3, -0.25) is 0 Å². The molecule has 1 N–H and O–H groups in total. The highest BCUT2D eigenvalue weighted by atomic mass is 32.1. The molecular weight excluding hydrogens is 262 g/mol. The van der Waals surface area contributed by atoms with Crippen LogP contribution in [-0.4, -0.2) is 42.2 Å². The first-order chi connectivity index (χ1) is 9.33. The quantitative estimate of drug-likeness (QED) is 0.911. The zero-order valence-electron chi connectivity index (χ0n) is 10.5. The first-order valence-corrected chi connectivity index (χ1v) is 7.09. The molecule has 5 nitrogen and oxygen atoms in total. The molecule has 0 unspecified atom stereocenters. The van der Waals surface area contributed by atoms with Gasteiger partial charge in [0.25, 0.3) is 0 Å². The van der Waals surface area contributed by atoms with E-state index in [1.54, 1.807) is 16.2 Å². The summed E-state index contributed by atoms with van der Waals surface area (Å²) >= 11 is 1.62. The molecule has 3 rings (SSSR count). The van der Waals surface area contributed by atoms with Crippen molar-refractivity contribution < 1.29 is 9.53 Å². The highest BCUT2D eigenvalue weighted by molar-refractivity contribution is 7.18. The van der Waals surface area contributed by atoms with Gasteiger partial charge in [0.05, 0.1) is 30.0 Å². The number of carbonyl (C=O) groups excluding carboxylic acids is 1. The third-order valence-corrected chi connectivity index (χ3v) is 4.06. The van der Waals surface area contributed by atoms with Crippen LogP contribution in [0.5, 0.6) is 0 Å². The number of carbonyl (C=O) groups is 1. The summed E-state index contributed by atoms with van der Waals surface area (Å²) in [7, 11) is 0. The number of hydrogen-bond acceptors (Lipinski definition) is 4. The summed E-state index contributed by atoms with van der Waals surface area (Å²) in [6.45, 7) is 3.04. The van der Waals surface area contributed by atoms with Gasteiger partial charge in [-0.1, -0.05) is 12.1 Å².